The van der Waals surface area contributed by atoms with Gasteiger partial charge in [-0.3, -0.25) is 0 Å². The van der Waals surface area contributed by atoms with Crippen LogP contribution >= 0.6 is 11.6 Å². The van der Waals surface area contributed by atoms with Gasteiger partial charge >= 0.3 is 6.18 Å². The van der Waals surface area contributed by atoms with E-state index in [9.17, 15) is 21.6 Å². The summed E-state index contributed by atoms with van der Waals surface area (Å²) in [7, 11) is -4.54. The zero-order chi connectivity index (χ0) is 30.6. The third-order valence-corrected chi connectivity index (χ3v) is 8.33. The molecule has 0 amide bonds. The van der Waals surface area contributed by atoms with Gasteiger partial charge < -0.3 is 11.1 Å². The van der Waals surface area contributed by atoms with E-state index in [0.717, 1.165) is 42.6 Å². The van der Waals surface area contributed by atoms with Crippen LogP contribution in [0.1, 0.15) is 41.9 Å². The number of hydrazone groups is 1. The second kappa shape index (κ2) is 12.6. The van der Waals surface area contributed by atoms with E-state index in [2.05, 4.69) is 19.7 Å². The SMILES string of the molecule is NC(/N=C1/CCCCN1)=N\C(=N/S(=O)(=O)c1ccc(C(F)(F)F)cc1)N1C[C@H](c2ccccc2)C(c2ccc(Cl)cc2)=N1. The second-order valence-corrected chi connectivity index (χ2v) is 11.9. The number of halogens is 4. The van der Waals surface area contributed by atoms with E-state index < -0.39 is 26.7 Å². The zero-order valence-electron chi connectivity index (χ0n) is 22.7. The molecule has 9 nitrogen and oxygen atoms in total. The highest BCUT2D eigenvalue weighted by molar-refractivity contribution is 7.90. The Balaban J connectivity index is 1.59. The molecule has 0 bridgehead atoms. The van der Waals surface area contributed by atoms with Crippen molar-refractivity contribution in [3.63, 3.8) is 0 Å². The van der Waals surface area contributed by atoms with Crippen LogP contribution in [0, 0.1) is 0 Å². The van der Waals surface area contributed by atoms with Crippen molar-refractivity contribution < 1.29 is 21.6 Å². The Hall–Kier alpha value is -4.23. The summed E-state index contributed by atoms with van der Waals surface area (Å²) in [6.45, 7) is 0.865. The Bertz CT molecular complexity index is 1680. The monoisotopic (exact) mass is 629 g/mol. The number of guanidine groups is 2. The number of hydrogen-bond acceptors (Lipinski definition) is 3. The van der Waals surface area contributed by atoms with Gasteiger partial charge in [0.05, 0.1) is 22.7 Å². The van der Waals surface area contributed by atoms with Crippen molar-refractivity contribution in [2.45, 2.75) is 36.3 Å². The van der Waals surface area contributed by atoms with Crippen LogP contribution in [0.4, 0.5) is 13.2 Å². The van der Waals surface area contributed by atoms with Crippen LogP contribution in [0.25, 0.3) is 0 Å². The van der Waals surface area contributed by atoms with Crippen LogP contribution in [-0.4, -0.2) is 50.0 Å². The maximum absolute atomic E-state index is 13.4. The third-order valence-electron chi connectivity index (χ3n) is 6.80. The predicted molar refractivity (Wildman–Crippen MR) is 161 cm³/mol. The summed E-state index contributed by atoms with van der Waals surface area (Å²) in [6.07, 6.45) is -2.10. The highest BCUT2D eigenvalue weighted by atomic mass is 35.5. The summed E-state index contributed by atoms with van der Waals surface area (Å²) in [4.78, 5) is 8.09. The first-order chi connectivity index (χ1) is 20.5. The van der Waals surface area contributed by atoms with Gasteiger partial charge in [0.2, 0.25) is 5.96 Å². The minimum Gasteiger partial charge on any atom is -0.373 e. The fourth-order valence-electron chi connectivity index (χ4n) is 4.66. The second-order valence-electron chi connectivity index (χ2n) is 9.84. The van der Waals surface area contributed by atoms with Gasteiger partial charge in [0, 0.05) is 23.9 Å². The lowest BCUT2D eigenvalue weighted by Crippen LogP contribution is -2.32. The van der Waals surface area contributed by atoms with Crippen molar-refractivity contribution in [3.8, 4) is 0 Å². The summed E-state index contributed by atoms with van der Waals surface area (Å²) in [5.74, 6) is -0.352. The molecule has 2 aliphatic rings. The third kappa shape index (κ3) is 7.41. The fraction of sp³-hybridized carbons (Fsp3) is 0.241. The molecule has 14 heteroatoms. The topological polar surface area (TPSA) is 125 Å². The standard InChI is InChI=1S/C29H27ClF3N7O2S/c30-22-13-9-20(10-14-22)26-24(19-6-2-1-3-7-19)18-40(38-26)28(37-27(34)36-25-8-4-5-17-35-25)39-43(41,42)23-15-11-21(12-16-23)29(31,32)33/h1-3,6-7,9-16,24H,4-5,8,17-18H2,(H3,34,35,36,37,39)/t24-/m1/s1. The quantitative estimate of drug-likeness (QED) is 0.296. The van der Waals surface area contributed by atoms with Crippen LogP contribution in [0.3, 0.4) is 0 Å². The summed E-state index contributed by atoms with van der Waals surface area (Å²) in [5, 5.41) is 9.69. The highest BCUT2D eigenvalue weighted by Gasteiger charge is 2.34. The number of benzene rings is 3. The molecule has 3 aromatic carbocycles. The Morgan fingerprint density at radius 2 is 1.70 bits per heavy atom. The van der Waals surface area contributed by atoms with Crippen LogP contribution in [0.2, 0.25) is 5.02 Å². The van der Waals surface area contributed by atoms with Crippen LogP contribution < -0.4 is 11.1 Å². The molecule has 0 aromatic heterocycles. The highest BCUT2D eigenvalue weighted by Crippen LogP contribution is 2.32. The van der Waals surface area contributed by atoms with Gasteiger partial charge in [-0.15, -0.1) is 4.40 Å². The molecule has 3 aromatic rings. The van der Waals surface area contributed by atoms with E-state index in [1.807, 2.05) is 30.3 Å². The lowest BCUT2D eigenvalue weighted by atomic mass is 9.91. The lowest BCUT2D eigenvalue weighted by Gasteiger charge is -2.17. The lowest BCUT2D eigenvalue weighted by molar-refractivity contribution is -0.137. The number of amidine groups is 1. The molecule has 0 aliphatic carbocycles. The molecule has 5 rings (SSSR count). The Kier molecular flexibility index (Phi) is 8.83. The zero-order valence-corrected chi connectivity index (χ0v) is 24.2. The normalized spacial score (nSPS) is 19.3. The molecule has 1 atom stereocenters. The molecular formula is C29H27ClF3N7O2S. The number of nitrogens with one attached hydrogen (secondary N) is 1. The summed E-state index contributed by atoms with van der Waals surface area (Å²) >= 11 is 6.11. The Morgan fingerprint density at radius 1 is 1.00 bits per heavy atom. The van der Waals surface area contributed by atoms with Crippen LogP contribution in [-0.2, 0) is 16.2 Å². The molecule has 1 fully saturated rings. The molecule has 224 valence electrons. The molecule has 0 spiro atoms. The fourth-order valence-corrected chi connectivity index (χ4v) is 5.72. The molecule has 2 heterocycles. The van der Waals surface area contributed by atoms with E-state index >= 15 is 0 Å². The first-order valence-electron chi connectivity index (χ1n) is 13.3. The maximum atomic E-state index is 13.4. The first-order valence-corrected chi connectivity index (χ1v) is 15.2. The van der Waals surface area contributed by atoms with Gasteiger partial charge in [-0.05, 0) is 60.4 Å². The number of piperidine rings is 1. The largest absolute Gasteiger partial charge is 0.416 e. The van der Waals surface area contributed by atoms with Crippen molar-refractivity contribution in [2.75, 3.05) is 13.1 Å². The molecule has 2 aliphatic heterocycles. The molecule has 3 N–H and O–H groups in total. The molecule has 1 saturated heterocycles. The minimum atomic E-state index is -4.63. The van der Waals surface area contributed by atoms with Crippen molar-refractivity contribution in [3.05, 3.63) is 101 Å². The first kappa shape index (κ1) is 30.2. The Morgan fingerprint density at radius 3 is 2.33 bits per heavy atom. The average Bonchev–Trinajstić information content (AvgIpc) is 3.43. The smallest absolute Gasteiger partial charge is 0.373 e. The van der Waals surface area contributed by atoms with E-state index in [4.69, 9.17) is 22.4 Å². The molecule has 0 saturated carbocycles. The number of nitrogens with zero attached hydrogens (tertiary/aromatic N) is 5. The van der Waals surface area contributed by atoms with E-state index in [0.29, 0.717) is 35.1 Å². The van der Waals surface area contributed by atoms with Crippen molar-refractivity contribution in [2.24, 2.45) is 25.2 Å². The van der Waals surface area contributed by atoms with E-state index in [1.165, 1.54) is 5.01 Å². The summed E-state index contributed by atoms with van der Waals surface area (Å²) in [5.41, 5.74) is 7.41. The van der Waals surface area contributed by atoms with Gasteiger partial charge in [-0.1, -0.05) is 54.1 Å². The summed E-state index contributed by atoms with van der Waals surface area (Å²) < 4.78 is 69.9. The molecular weight excluding hydrogens is 603 g/mol. The van der Waals surface area contributed by atoms with E-state index in [1.54, 1.807) is 24.3 Å². The number of nitrogens with two attached hydrogens (primary N) is 1. The van der Waals surface area contributed by atoms with Crippen LogP contribution in [0.15, 0.2) is 103 Å². The van der Waals surface area contributed by atoms with Crippen LogP contribution in [0.5, 0.6) is 0 Å². The Labute approximate surface area is 251 Å². The maximum Gasteiger partial charge on any atom is 0.416 e. The number of sulfonamides is 1. The summed E-state index contributed by atoms with van der Waals surface area (Å²) in [6, 6.07) is 19.6. The van der Waals surface area contributed by atoms with Gasteiger partial charge in [0.15, 0.2) is 0 Å². The van der Waals surface area contributed by atoms with Crippen molar-refractivity contribution >= 4 is 45.1 Å². The van der Waals surface area contributed by atoms with Gasteiger partial charge in [0.25, 0.3) is 16.0 Å². The average molecular weight is 630 g/mol. The van der Waals surface area contributed by atoms with Gasteiger partial charge in [-0.2, -0.15) is 31.7 Å². The molecule has 0 radical (unpaired) electrons. The van der Waals surface area contributed by atoms with Gasteiger partial charge in [-0.25, -0.2) is 10.0 Å². The van der Waals surface area contributed by atoms with E-state index in [-0.39, 0.29) is 24.4 Å². The number of alkyl halides is 3. The molecule has 43 heavy (non-hydrogen) atoms. The van der Waals surface area contributed by atoms with Crippen molar-refractivity contribution in [1.29, 1.82) is 0 Å². The number of rotatable bonds is 4. The number of aliphatic imine (C=N–C) groups is 2. The predicted octanol–water partition coefficient (Wildman–Crippen LogP) is 5.39. The van der Waals surface area contributed by atoms with Gasteiger partial charge in [0.1, 0.15) is 5.84 Å². The van der Waals surface area contributed by atoms with Crippen molar-refractivity contribution in [1.82, 2.24) is 10.3 Å². The number of hydrogen-bond donors (Lipinski definition) is 2. The minimum absolute atomic E-state index is 0.148. The molecule has 0 unspecified atom stereocenters.